The molecule has 3 aromatic heterocycles. The van der Waals surface area contributed by atoms with Crippen molar-refractivity contribution >= 4 is 39.2 Å². The van der Waals surface area contributed by atoms with Crippen molar-refractivity contribution in [3.8, 4) is 10.6 Å². The Balaban J connectivity index is 1.45. The minimum absolute atomic E-state index is 0.552. The number of nitrogens with zero attached hydrogens (tertiary/aromatic N) is 4. The molecule has 26 heavy (non-hydrogen) atoms. The van der Waals surface area contributed by atoms with Crippen LogP contribution < -0.4 is 0 Å². The van der Waals surface area contributed by atoms with Crippen LogP contribution in [0.2, 0.25) is 5.02 Å². The number of thiophene rings is 1. The average Bonchev–Trinajstić information content (AvgIpc) is 3.08. The maximum atomic E-state index is 11.0. The van der Waals surface area contributed by atoms with Gasteiger partial charge < -0.3 is 10.0 Å². The third-order valence-electron chi connectivity index (χ3n) is 4.49. The fraction of sp³-hybridized carbons (Fsp3) is 0.278. The molecular weight excluding hydrogens is 372 g/mol. The zero-order valence-corrected chi connectivity index (χ0v) is 15.5. The maximum Gasteiger partial charge on any atom is 0.407 e. The predicted molar refractivity (Wildman–Crippen MR) is 103 cm³/mol. The second-order valence-electron chi connectivity index (χ2n) is 6.22. The molecule has 0 radical (unpaired) electrons. The van der Waals surface area contributed by atoms with Crippen molar-refractivity contribution in [3.05, 3.63) is 47.2 Å². The average molecular weight is 389 g/mol. The van der Waals surface area contributed by atoms with Gasteiger partial charge in [-0.15, -0.1) is 11.3 Å². The Morgan fingerprint density at radius 1 is 1.19 bits per heavy atom. The molecule has 0 spiro atoms. The molecule has 3 aromatic rings. The van der Waals surface area contributed by atoms with Gasteiger partial charge in [-0.1, -0.05) is 17.7 Å². The highest BCUT2D eigenvalue weighted by Gasteiger charge is 2.20. The van der Waals surface area contributed by atoms with Crippen LogP contribution in [0.4, 0.5) is 4.79 Å². The number of amides is 1. The number of halogens is 1. The van der Waals surface area contributed by atoms with Crippen LogP contribution >= 0.6 is 22.9 Å². The molecule has 8 heteroatoms. The van der Waals surface area contributed by atoms with Crippen LogP contribution in [0.3, 0.4) is 0 Å². The van der Waals surface area contributed by atoms with Gasteiger partial charge in [-0.2, -0.15) is 0 Å². The van der Waals surface area contributed by atoms with Gasteiger partial charge in [0.1, 0.15) is 0 Å². The number of carbonyl (C=O) groups is 1. The summed E-state index contributed by atoms with van der Waals surface area (Å²) >= 11 is 7.82. The lowest BCUT2D eigenvalue weighted by molar-refractivity contribution is 0.103. The number of aromatic nitrogens is 2. The summed E-state index contributed by atoms with van der Waals surface area (Å²) in [5.41, 5.74) is 2.91. The highest BCUT2D eigenvalue weighted by molar-refractivity contribution is 7.22. The Hall–Kier alpha value is -2.22. The van der Waals surface area contributed by atoms with Crippen molar-refractivity contribution in [2.75, 3.05) is 26.2 Å². The van der Waals surface area contributed by atoms with E-state index in [4.69, 9.17) is 16.7 Å². The van der Waals surface area contributed by atoms with E-state index >= 15 is 0 Å². The lowest BCUT2D eigenvalue weighted by atomic mass is 10.2. The largest absolute Gasteiger partial charge is 0.465 e. The molecule has 1 fully saturated rings. The first kappa shape index (κ1) is 17.2. The van der Waals surface area contributed by atoms with E-state index in [2.05, 4.69) is 20.9 Å². The van der Waals surface area contributed by atoms with Gasteiger partial charge in [-0.25, -0.2) is 4.79 Å². The molecule has 6 nitrogen and oxygen atoms in total. The summed E-state index contributed by atoms with van der Waals surface area (Å²) in [6, 6.07) is 7.90. The summed E-state index contributed by atoms with van der Waals surface area (Å²) in [5.74, 6) is 0. The molecule has 0 aromatic carbocycles. The smallest absolute Gasteiger partial charge is 0.407 e. The molecule has 0 aliphatic carbocycles. The van der Waals surface area contributed by atoms with E-state index in [1.54, 1.807) is 23.6 Å². The van der Waals surface area contributed by atoms with Crippen molar-refractivity contribution in [2.45, 2.75) is 6.54 Å². The van der Waals surface area contributed by atoms with Gasteiger partial charge in [0.15, 0.2) is 0 Å². The van der Waals surface area contributed by atoms with Gasteiger partial charge in [0.05, 0.1) is 25.8 Å². The number of carboxylic acid groups (broad SMARTS) is 1. The molecule has 1 aliphatic heterocycles. The number of piperazine rings is 1. The fourth-order valence-electron chi connectivity index (χ4n) is 3.05. The minimum Gasteiger partial charge on any atom is -0.465 e. The summed E-state index contributed by atoms with van der Waals surface area (Å²) in [7, 11) is 0. The zero-order chi connectivity index (χ0) is 18.1. The molecule has 4 rings (SSSR count). The predicted octanol–water partition coefficient (Wildman–Crippen LogP) is 3.81. The summed E-state index contributed by atoms with van der Waals surface area (Å²) in [5, 5.41) is 9.72. The van der Waals surface area contributed by atoms with E-state index in [0.29, 0.717) is 18.1 Å². The van der Waals surface area contributed by atoms with E-state index in [-0.39, 0.29) is 0 Å². The van der Waals surface area contributed by atoms with Gasteiger partial charge in [0.25, 0.3) is 0 Å². The molecule has 0 unspecified atom stereocenters. The van der Waals surface area contributed by atoms with Crippen LogP contribution in [0, 0.1) is 0 Å². The summed E-state index contributed by atoms with van der Waals surface area (Å²) < 4.78 is 0.978. The van der Waals surface area contributed by atoms with E-state index in [0.717, 1.165) is 46.0 Å². The summed E-state index contributed by atoms with van der Waals surface area (Å²) in [6.07, 6.45) is 2.76. The molecule has 1 N–H and O–H groups in total. The van der Waals surface area contributed by atoms with Gasteiger partial charge in [0.2, 0.25) is 0 Å². The lowest BCUT2D eigenvalue weighted by Crippen LogP contribution is -2.47. The molecule has 4 heterocycles. The number of fused-ring (bicyclic) bond motifs is 1. The van der Waals surface area contributed by atoms with Crippen LogP contribution in [-0.2, 0) is 6.54 Å². The Labute approximate surface area is 159 Å². The topological polar surface area (TPSA) is 69.6 Å². The number of hydrogen-bond donors (Lipinski definition) is 1. The monoisotopic (exact) mass is 388 g/mol. The van der Waals surface area contributed by atoms with Crippen molar-refractivity contribution in [3.63, 3.8) is 0 Å². The zero-order valence-electron chi connectivity index (χ0n) is 13.9. The van der Waals surface area contributed by atoms with Crippen molar-refractivity contribution < 1.29 is 9.90 Å². The first-order valence-electron chi connectivity index (χ1n) is 8.30. The molecule has 0 bridgehead atoms. The Morgan fingerprint density at radius 3 is 2.65 bits per heavy atom. The highest BCUT2D eigenvalue weighted by atomic mass is 35.5. The Kier molecular flexibility index (Phi) is 4.76. The number of hydrogen-bond acceptors (Lipinski definition) is 5. The quantitative estimate of drug-likeness (QED) is 0.738. The molecule has 0 saturated carbocycles. The highest BCUT2D eigenvalue weighted by Crippen LogP contribution is 2.35. The van der Waals surface area contributed by atoms with Crippen molar-refractivity contribution in [1.29, 1.82) is 0 Å². The Morgan fingerprint density at radius 2 is 2.00 bits per heavy atom. The Bertz CT molecular complexity index is 936. The summed E-state index contributed by atoms with van der Waals surface area (Å²) in [6.45, 7) is 3.37. The fourth-order valence-corrected chi connectivity index (χ4v) is 4.32. The van der Waals surface area contributed by atoms with Gasteiger partial charge in [-0.05, 0) is 23.8 Å². The number of pyridine rings is 2. The van der Waals surface area contributed by atoms with Crippen LogP contribution in [0.1, 0.15) is 5.56 Å². The molecule has 134 valence electrons. The standard InChI is InChI=1S/C18H17ClN4O2S/c19-13-3-4-20-15-9-16(26-17(13)15)14-2-1-12(10-21-14)11-22-5-7-23(8-6-22)18(24)25/h1-4,9-10H,5-8,11H2,(H,24,25). The third-order valence-corrected chi connectivity index (χ3v) is 6.10. The van der Waals surface area contributed by atoms with E-state index in [1.807, 2.05) is 18.3 Å². The molecule has 0 atom stereocenters. The SMILES string of the molecule is O=C(O)N1CCN(Cc2ccc(-c3cc4nccc(Cl)c4s3)nc2)CC1. The maximum absolute atomic E-state index is 11.0. The van der Waals surface area contributed by atoms with Crippen LogP contribution in [0.15, 0.2) is 36.7 Å². The minimum atomic E-state index is -0.839. The molecular formula is C18H17ClN4O2S. The first-order valence-corrected chi connectivity index (χ1v) is 9.49. The molecule has 1 amide bonds. The van der Waals surface area contributed by atoms with E-state index in [1.165, 1.54) is 4.90 Å². The third kappa shape index (κ3) is 3.51. The molecule has 1 saturated heterocycles. The van der Waals surface area contributed by atoms with Gasteiger partial charge >= 0.3 is 6.09 Å². The normalized spacial score (nSPS) is 15.5. The van der Waals surface area contributed by atoms with Crippen LogP contribution in [0.5, 0.6) is 0 Å². The van der Waals surface area contributed by atoms with Crippen molar-refractivity contribution in [1.82, 2.24) is 19.8 Å². The molecule has 1 aliphatic rings. The van der Waals surface area contributed by atoms with Crippen molar-refractivity contribution in [2.24, 2.45) is 0 Å². The van der Waals surface area contributed by atoms with Gasteiger partial charge in [-0.3, -0.25) is 14.9 Å². The van der Waals surface area contributed by atoms with E-state index in [9.17, 15) is 4.79 Å². The second-order valence-corrected chi connectivity index (χ2v) is 7.67. The number of rotatable bonds is 3. The van der Waals surface area contributed by atoms with Crippen LogP contribution in [0.25, 0.3) is 20.8 Å². The first-order chi connectivity index (χ1) is 12.6. The van der Waals surface area contributed by atoms with E-state index < -0.39 is 6.09 Å². The van der Waals surface area contributed by atoms with Crippen LogP contribution in [-0.4, -0.2) is 57.1 Å². The lowest BCUT2D eigenvalue weighted by Gasteiger charge is -2.32. The summed E-state index contributed by atoms with van der Waals surface area (Å²) in [4.78, 5) is 24.7. The van der Waals surface area contributed by atoms with Gasteiger partial charge in [0, 0.05) is 45.1 Å². The second kappa shape index (κ2) is 7.19.